The van der Waals surface area contributed by atoms with Crippen molar-refractivity contribution >= 4 is 17.2 Å². The number of hydrogen-bond acceptors (Lipinski definition) is 4. The molecule has 0 spiro atoms. The van der Waals surface area contributed by atoms with Crippen LogP contribution in [-0.2, 0) is 17.4 Å². The standard InChI is InChI=1S/C15H14F3N2O2S/c1-9(6-13(19)21)5-10-3-2-4-14(20-10)22-11-7-12(23-8-11)15(16,17)18/h2-4,7-9,19H,5-6H2,1H3. The largest absolute Gasteiger partial charge is 0.438 e. The molecule has 1 atom stereocenters. The predicted molar refractivity (Wildman–Crippen MR) is 79.2 cm³/mol. The zero-order chi connectivity index (χ0) is 17.0. The van der Waals surface area contributed by atoms with Crippen molar-refractivity contribution in [2.75, 3.05) is 0 Å². The highest BCUT2D eigenvalue weighted by Gasteiger charge is 2.32. The van der Waals surface area contributed by atoms with E-state index in [0.29, 0.717) is 23.5 Å². The molecule has 2 heterocycles. The molecule has 0 bridgehead atoms. The van der Waals surface area contributed by atoms with Crippen molar-refractivity contribution in [2.45, 2.75) is 25.9 Å². The van der Waals surface area contributed by atoms with E-state index in [2.05, 4.69) is 4.98 Å². The van der Waals surface area contributed by atoms with Crippen LogP contribution in [0.15, 0.2) is 29.6 Å². The fourth-order valence-corrected chi connectivity index (χ4v) is 2.69. The Labute approximate surface area is 135 Å². The van der Waals surface area contributed by atoms with Gasteiger partial charge in [-0.2, -0.15) is 13.2 Å². The van der Waals surface area contributed by atoms with E-state index in [-0.39, 0.29) is 24.0 Å². The highest BCUT2D eigenvalue weighted by Crippen LogP contribution is 2.37. The van der Waals surface area contributed by atoms with E-state index in [9.17, 15) is 18.0 Å². The number of aromatic nitrogens is 1. The van der Waals surface area contributed by atoms with Crippen LogP contribution >= 0.6 is 11.3 Å². The number of thiophene rings is 1. The summed E-state index contributed by atoms with van der Waals surface area (Å²) >= 11 is 0.561. The molecule has 4 nitrogen and oxygen atoms in total. The average molecular weight is 343 g/mol. The number of hydrogen-bond donors (Lipinski definition) is 0. The van der Waals surface area contributed by atoms with Gasteiger partial charge in [-0.3, -0.25) is 10.5 Å². The third kappa shape index (κ3) is 5.24. The van der Waals surface area contributed by atoms with Gasteiger partial charge < -0.3 is 4.74 Å². The first-order valence-corrected chi connectivity index (χ1v) is 7.66. The van der Waals surface area contributed by atoms with Crippen molar-refractivity contribution in [3.05, 3.63) is 40.2 Å². The number of alkyl halides is 3. The second-order valence-electron chi connectivity index (χ2n) is 5.15. The fourth-order valence-electron chi connectivity index (χ4n) is 2.02. The Hall–Kier alpha value is -2.09. The average Bonchev–Trinajstić information content (AvgIpc) is 2.86. The number of pyridine rings is 1. The first-order chi connectivity index (χ1) is 10.7. The van der Waals surface area contributed by atoms with Gasteiger partial charge in [0.15, 0.2) is 0 Å². The van der Waals surface area contributed by atoms with Crippen LogP contribution in [0.1, 0.15) is 23.9 Å². The summed E-state index contributed by atoms with van der Waals surface area (Å²) in [5, 5.41) is 1.28. The minimum absolute atomic E-state index is 0.0410. The van der Waals surface area contributed by atoms with Gasteiger partial charge in [0.1, 0.15) is 10.6 Å². The number of carbonyl (C=O) groups excluding carboxylic acids is 1. The van der Waals surface area contributed by atoms with E-state index in [1.165, 1.54) is 5.38 Å². The van der Waals surface area contributed by atoms with Crippen LogP contribution in [0.2, 0.25) is 0 Å². The Balaban J connectivity index is 2.05. The summed E-state index contributed by atoms with van der Waals surface area (Å²) in [7, 11) is 0. The van der Waals surface area contributed by atoms with Crippen LogP contribution in [0.3, 0.4) is 0 Å². The molecule has 2 aromatic heterocycles. The zero-order valence-electron chi connectivity index (χ0n) is 12.2. The summed E-state index contributed by atoms with van der Waals surface area (Å²) in [6.07, 6.45) is -3.77. The van der Waals surface area contributed by atoms with E-state index < -0.39 is 17.0 Å². The van der Waals surface area contributed by atoms with Gasteiger partial charge >= 0.3 is 6.18 Å². The number of rotatable bonds is 6. The Morgan fingerprint density at radius 1 is 1.43 bits per heavy atom. The molecule has 0 aliphatic heterocycles. The quantitative estimate of drug-likeness (QED) is 0.784. The molecule has 8 heteroatoms. The number of nitrogens with zero attached hydrogens (tertiary/aromatic N) is 1. The molecule has 1 N–H and O–H groups in total. The molecule has 23 heavy (non-hydrogen) atoms. The Kier molecular flexibility index (Phi) is 5.25. The van der Waals surface area contributed by atoms with Crippen LogP contribution in [-0.4, -0.2) is 10.9 Å². The van der Waals surface area contributed by atoms with Crippen LogP contribution in [0, 0.1) is 5.92 Å². The lowest BCUT2D eigenvalue weighted by Crippen LogP contribution is -2.09. The van der Waals surface area contributed by atoms with E-state index in [1.807, 2.05) is 6.92 Å². The molecule has 0 aliphatic carbocycles. The van der Waals surface area contributed by atoms with Crippen molar-refractivity contribution in [3.8, 4) is 11.6 Å². The lowest BCUT2D eigenvalue weighted by atomic mass is 10.0. The van der Waals surface area contributed by atoms with Gasteiger partial charge in [0.2, 0.25) is 11.8 Å². The van der Waals surface area contributed by atoms with E-state index >= 15 is 0 Å². The number of halogens is 3. The first kappa shape index (κ1) is 17.3. The molecule has 1 radical (unpaired) electrons. The maximum Gasteiger partial charge on any atom is 0.425 e. The first-order valence-electron chi connectivity index (χ1n) is 6.78. The maximum atomic E-state index is 12.5. The molecule has 123 valence electrons. The van der Waals surface area contributed by atoms with Crippen LogP contribution in [0.5, 0.6) is 11.6 Å². The van der Waals surface area contributed by atoms with Crippen molar-refractivity contribution in [2.24, 2.45) is 5.92 Å². The fraction of sp³-hybridized carbons (Fsp3) is 0.333. The third-order valence-corrected chi connectivity index (χ3v) is 3.90. The van der Waals surface area contributed by atoms with Gasteiger partial charge in [-0.05, 0) is 18.4 Å². The highest BCUT2D eigenvalue weighted by atomic mass is 32.1. The Morgan fingerprint density at radius 2 is 2.17 bits per heavy atom. The van der Waals surface area contributed by atoms with Crippen LogP contribution in [0.4, 0.5) is 13.2 Å². The highest BCUT2D eigenvalue weighted by molar-refractivity contribution is 7.10. The molecular weight excluding hydrogens is 329 g/mol. The summed E-state index contributed by atoms with van der Waals surface area (Å²) in [6.45, 7) is 1.83. The van der Waals surface area contributed by atoms with Crippen molar-refractivity contribution in [1.82, 2.24) is 10.7 Å². The summed E-state index contributed by atoms with van der Waals surface area (Å²) in [5.41, 5.74) is 7.60. The van der Waals surface area contributed by atoms with Gasteiger partial charge in [-0.1, -0.05) is 13.0 Å². The molecule has 0 aliphatic rings. The zero-order valence-corrected chi connectivity index (χ0v) is 13.0. The normalized spacial score (nSPS) is 12.9. The monoisotopic (exact) mass is 343 g/mol. The topological polar surface area (TPSA) is 63.0 Å². The maximum absolute atomic E-state index is 12.5. The summed E-state index contributed by atoms with van der Waals surface area (Å²) in [4.78, 5) is 14.3. The number of carbonyl (C=O) groups is 1. The number of nitrogens with one attached hydrogen (secondary N) is 1. The minimum Gasteiger partial charge on any atom is -0.438 e. The molecule has 0 saturated heterocycles. The van der Waals surface area contributed by atoms with Crippen LogP contribution in [0.25, 0.3) is 0 Å². The predicted octanol–water partition coefficient (Wildman–Crippen LogP) is 4.33. The van der Waals surface area contributed by atoms with Gasteiger partial charge in [0.05, 0.1) is 0 Å². The third-order valence-electron chi connectivity index (χ3n) is 2.95. The molecule has 1 amide bonds. The Bertz CT molecular complexity index is 685. The van der Waals surface area contributed by atoms with Gasteiger partial charge in [-0.25, -0.2) is 4.98 Å². The molecule has 0 fully saturated rings. The molecule has 0 aromatic carbocycles. The summed E-state index contributed by atoms with van der Waals surface area (Å²) in [5.74, 6) is -0.400. The van der Waals surface area contributed by atoms with Gasteiger partial charge in [-0.15, -0.1) is 11.3 Å². The lowest BCUT2D eigenvalue weighted by Gasteiger charge is -2.09. The van der Waals surface area contributed by atoms with Crippen molar-refractivity contribution < 1.29 is 22.7 Å². The Morgan fingerprint density at radius 3 is 2.78 bits per heavy atom. The van der Waals surface area contributed by atoms with Crippen molar-refractivity contribution in [1.29, 1.82) is 0 Å². The molecule has 0 saturated carbocycles. The summed E-state index contributed by atoms with van der Waals surface area (Å²) in [6, 6.07) is 5.91. The molecule has 1 unspecified atom stereocenters. The lowest BCUT2D eigenvalue weighted by molar-refractivity contribution is -0.134. The van der Waals surface area contributed by atoms with Crippen molar-refractivity contribution in [3.63, 3.8) is 0 Å². The second-order valence-corrected chi connectivity index (χ2v) is 6.06. The van der Waals surface area contributed by atoms with Gasteiger partial charge in [0, 0.05) is 29.6 Å². The number of amides is 1. The SMILES string of the molecule is CC(CC([NH])=O)Cc1cccc(Oc2csc(C(F)(F)F)c2)n1. The molecule has 2 aromatic rings. The second kappa shape index (κ2) is 6.99. The minimum atomic E-state index is -4.39. The van der Waals surface area contributed by atoms with E-state index in [0.717, 1.165) is 6.07 Å². The molecular formula is C15H14F3N2O2S. The van der Waals surface area contributed by atoms with E-state index in [4.69, 9.17) is 10.5 Å². The molecule has 2 rings (SSSR count). The van der Waals surface area contributed by atoms with Gasteiger partial charge in [0.25, 0.3) is 0 Å². The summed E-state index contributed by atoms with van der Waals surface area (Å²) < 4.78 is 43.0. The van der Waals surface area contributed by atoms with Crippen LogP contribution < -0.4 is 10.5 Å². The van der Waals surface area contributed by atoms with E-state index in [1.54, 1.807) is 18.2 Å². The smallest absolute Gasteiger partial charge is 0.425 e. The number of ether oxygens (including phenoxy) is 1.